The van der Waals surface area contributed by atoms with Gasteiger partial charge in [0.15, 0.2) is 0 Å². The van der Waals surface area contributed by atoms with E-state index in [1.165, 1.54) is 44.9 Å². The van der Waals surface area contributed by atoms with Crippen LogP contribution in [-0.2, 0) is 0 Å². The Morgan fingerprint density at radius 2 is 1.47 bits per heavy atom. The summed E-state index contributed by atoms with van der Waals surface area (Å²) < 4.78 is 0. The van der Waals surface area contributed by atoms with Gasteiger partial charge in [0.2, 0.25) is 0 Å². The molecule has 0 aromatic carbocycles. The summed E-state index contributed by atoms with van der Waals surface area (Å²) >= 11 is 0. The van der Waals surface area contributed by atoms with E-state index in [4.69, 9.17) is 0 Å². The van der Waals surface area contributed by atoms with Gasteiger partial charge in [-0.1, -0.05) is 65.7 Å². The first kappa shape index (κ1) is 21.1. The van der Waals surface area contributed by atoms with Crippen molar-refractivity contribution in [3.05, 3.63) is 13.8 Å². The topological polar surface area (TPSA) is 0 Å². The average molecular weight is 223 g/mol. The number of rotatable bonds is 7. The maximum absolute atomic E-state index is 3.99. The van der Waals surface area contributed by atoms with Crippen LogP contribution in [0.4, 0.5) is 0 Å². The SMILES string of the molecule is [CH2-]C(CC)CCCC.[CH2-]CCCCC.[Mg+2]. The summed E-state index contributed by atoms with van der Waals surface area (Å²) in [6.07, 6.45) is 10.3. The Kier molecular flexibility index (Phi) is 28.4. The molecule has 0 radical (unpaired) electrons. The Morgan fingerprint density at radius 3 is 1.73 bits per heavy atom. The van der Waals surface area contributed by atoms with E-state index in [9.17, 15) is 0 Å². The molecule has 0 spiro atoms. The van der Waals surface area contributed by atoms with Crippen molar-refractivity contribution in [2.45, 2.75) is 72.1 Å². The summed E-state index contributed by atoms with van der Waals surface area (Å²) in [5, 5.41) is 0. The van der Waals surface area contributed by atoms with Crippen LogP contribution in [0.3, 0.4) is 0 Å². The molecule has 0 amide bonds. The zero-order chi connectivity index (χ0) is 11.2. The van der Waals surface area contributed by atoms with E-state index in [1.54, 1.807) is 0 Å². The molecule has 1 unspecified atom stereocenters. The average Bonchev–Trinajstić information content (AvgIpc) is 2.23. The van der Waals surface area contributed by atoms with E-state index < -0.39 is 0 Å². The Bertz CT molecular complexity index is 77.4. The predicted octanol–water partition coefficient (Wildman–Crippen LogP) is 5.06. The van der Waals surface area contributed by atoms with Gasteiger partial charge < -0.3 is 13.8 Å². The summed E-state index contributed by atoms with van der Waals surface area (Å²) in [6, 6.07) is 0. The van der Waals surface area contributed by atoms with Crippen LogP contribution in [0.5, 0.6) is 0 Å². The molecule has 1 heteroatoms. The first-order valence-electron chi connectivity index (χ1n) is 6.35. The normalized spacial score (nSPS) is 11.0. The van der Waals surface area contributed by atoms with Crippen LogP contribution in [0.15, 0.2) is 0 Å². The quantitative estimate of drug-likeness (QED) is 0.321. The van der Waals surface area contributed by atoms with Crippen LogP contribution < -0.4 is 0 Å². The van der Waals surface area contributed by atoms with Crippen molar-refractivity contribution >= 4 is 23.1 Å². The molecule has 0 rings (SSSR count). The molecular formula is C14H30Mg. The summed E-state index contributed by atoms with van der Waals surface area (Å²) in [5.41, 5.74) is 0. The van der Waals surface area contributed by atoms with Crippen LogP contribution in [0.2, 0.25) is 0 Å². The molecule has 0 nitrogen and oxygen atoms in total. The smallest absolute Gasteiger partial charge is 0.343 e. The van der Waals surface area contributed by atoms with Crippen molar-refractivity contribution in [1.82, 2.24) is 0 Å². The fourth-order valence-electron chi connectivity index (χ4n) is 1.12. The van der Waals surface area contributed by atoms with Crippen molar-refractivity contribution in [2.75, 3.05) is 0 Å². The van der Waals surface area contributed by atoms with Crippen molar-refractivity contribution < 1.29 is 0 Å². The Morgan fingerprint density at radius 1 is 0.933 bits per heavy atom. The second-order valence-electron chi connectivity index (χ2n) is 3.98. The second-order valence-corrected chi connectivity index (χ2v) is 3.98. The summed E-state index contributed by atoms with van der Waals surface area (Å²) in [6.45, 7) is 14.3. The predicted molar refractivity (Wildman–Crippen MR) is 73.9 cm³/mol. The molecule has 0 fully saturated rings. The molecule has 0 saturated carbocycles. The van der Waals surface area contributed by atoms with Crippen molar-refractivity contribution in [3.63, 3.8) is 0 Å². The molecule has 0 aromatic rings. The van der Waals surface area contributed by atoms with Gasteiger partial charge in [0, 0.05) is 0 Å². The molecule has 15 heavy (non-hydrogen) atoms. The second kappa shape index (κ2) is 20.2. The van der Waals surface area contributed by atoms with E-state index in [0.717, 1.165) is 6.42 Å². The van der Waals surface area contributed by atoms with Gasteiger partial charge in [-0.15, -0.1) is 0 Å². The zero-order valence-corrected chi connectivity index (χ0v) is 12.8. The Labute approximate surface area is 115 Å². The van der Waals surface area contributed by atoms with Crippen molar-refractivity contribution in [2.24, 2.45) is 5.92 Å². The van der Waals surface area contributed by atoms with Gasteiger partial charge in [0.1, 0.15) is 0 Å². The molecule has 0 aliphatic carbocycles. The minimum atomic E-state index is 0. The third-order valence-electron chi connectivity index (χ3n) is 2.40. The van der Waals surface area contributed by atoms with Crippen molar-refractivity contribution in [1.29, 1.82) is 0 Å². The molecule has 0 saturated heterocycles. The van der Waals surface area contributed by atoms with Gasteiger partial charge in [-0.2, -0.15) is 12.3 Å². The van der Waals surface area contributed by atoms with Gasteiger partial charge in [-0.3, -0.25) is 0 Å². The third-order valence-corrected chi connectivity index (χ3v) is 2.40. The standard InChI is InChI=1S/C8H17.C6H13.Mg/c1-4-6-7-8(3)5-2;1-3-5-6-4-2;/h8H,3-7H2,1-2H3;1,3-6H2,2H3;/q2*-1;+2. The van der Waals surface area contributed by atoms with E-state index >= 15 is 0 Å². The van der Waals surface area contributed by atoms with E-state index in [1.807, 2.05) is 0 Å². The zero-order valence-electron chi connectivity index (χ0n) is 11.4. The van der Waals surface area contributed by atoms with Gasteiger partial charge in [0.25, 0.3) is 0 Å². The molecule has 1 atom stereocenters. The number of hydrogen-bond acceptors (Lipinski definition) is 0. The van der Waals surface area contributed by atoms with Crippen LogP contribution in [0, 0.1) is 19.8 Å². The minimum absolute atomic E-state index is 0. The number of unbranched alkanes of at least 4 members (excludes halogenated alkanes) is 4. The third kappa shape index (κ3) is 25.2. The summed E-state index contributed by atoms with van der Waals surface area (Å²) in [4.78, 5) is 0. The Balaban J connectivity index is -0.000000187. The molecule has 0 aromatic heterocycles. The molecule has 0 aliphatic rings. The maximum Gasteiger partial charge on any atom is 2.00 e. The largest absolute Gasteiger partial charge is 2.00 e. The van der Waals surface area contributed by atoms with Gasteiger partial charge in [-0.25, -0.2) is 0 Å². The molecule has 0 heterocycles. The monoisotopic (exact) mass is 222 g/mol. The molecule has 88 valence electrons. The van der Waals surface area contributed by atoms with Crippen LogP contribution in [-0.4, -0.2) is 23.1 Å². The Hall–Kier alpha value is 0.766. The number of hydrogen-bond donors (Lipinski definition) is 0. The van der Waals surface area contributed by atoms with Crippen LogP contribution in [0.1, 0.15) is 72.1 Å². The van der Waals surface area contributed by atoms with Crippen LogP contribution in [0.25, 0.3) is 0 Å². The van der Waals surface area contributed by atoms with E-state index in [2.05, 4.69) is 34.6 Å². The van der Waals surface area contributed by atoms with E-state index in [-0.39, 0.29) is 23.1 Å². The van der Waals surface area contributed by atoms with Gasteiger partial charge >= 0.3 is 23.1 Å². The fraction of sp³-hybridized carbons (Fsp3) is 0.857. The first-order valence-corrected chi connectivity index (χ1v) is 6.35. The maximum atomic E-state index is 3.99. The molecular weight excluding hydrogens is 192 g/mol. The molecule has 0 bridgehead atoms. The van der Waals surface area contributed by atoms with Crippen LogP contribution >= 0.6 is 0 Å². The minimum Gasteiger partial charge on any atom is -0.343 e. The fourth-order valence-corrected chi connectivity index (χ4v) is 1.12. The van der Waals surface area contributed by atoms with Gasteiger partial charge in [-0.05, 0) is 0 Å². The van der Waals surface area contributed by atoms with E-state index in [0.29, 0.717) is 5.92 Å². The first-order chi connectivity index (χ1) is 6.72. The summed E-state index contributed by atoms with van der Waals surface area (Å²) in [7, 11) is 0. The van der Waals surface area contributed by atoms with Gasteiger partial charge in [0.05, 0.1) is 0 Å². The molecule has 0 N–H and O–H groups in total. The molecule has 0 aliphatic heterocycles. The summed E-state index contributed by atoms with van der Waals surface area (Å²) in [5.74, 6) is 0.704. The van der Waals surface area contributed by atoms with Crippen molar-refractivity contribution in [3.8, 4) is 0 Å².